The highest BCUT2D eigenvalue weighted by molar-refractivity contribution is 7.89. The van der Waals surface area contributed by atoms with E-state index in [1.54, 1.807) is 36.4 Å². The van der Waals surface area contributed by atoms with Gasteiger partial charge in [-0.15, -0.1) is 0 Å². The van der Waals surface area contributed by atoms with Gasteiger partial charge in [0.25, 0.3) is 0 Å². The number of hydrogen-bond acceptors (Lipinski definition) is 3. The van der Waals surface area contributed by atoms with Crippen LogP contribution in [0.15, 0.2) is 83.9 Å². The van der Waals surface area contributed by atoms with Gasteiger partial charge in [0, 0.05) is 28.7 Å². The molecule has 3 aromatic carbocycles. The van der Waals surface area contributed by atoms with Crippen molar-refractivity contribution in [3.05, 3.63) is 101 Å². The molecule has 1 aromatic heterocycles. The molecule has 4 aromatic rings. The number of halogens is 1. The molecule has 1 amide bonds. The van der Waals surface area contributed by atoms with Gasteiger partial charge in [-0.3, -0.25) is 4.79 Å². The van der Waals surface area contributed by atoms with Gasteiger partial charge in [-0.2, -0.15) is 4.72 Å². The molecule has 0 unspecified atom stereocenters. The van der Waals surface area contributed by atoms with Crippen LogP contribution in [0.1, 0.15) is 16.7 Å². The topological polar surface area (TPSA) is 91.1 Å². The number of nitrogens with one attached hydrogen (secondary N) is 3. The number of carbonyl (C=O) groups is 1. The van der Waals surface area contributed by atoms with Crippen LogP contribution in [0.5, 0.6) is 0 Å². The van der Waals surface area contributed by atoms with Crippen molar-refractivity contribution < 1.29 is 13.2 Å². The number of hydrogen-bond donors (Lipinski definition) is 3. The highest BCUT2D eigenvalue weighted by Crippen LogP contribution is 2.20. The minimum atomic E-state index is -3.90. The number of para-hydroxylation sites is 1. The third-order valence-corrected chi connectivity index (χ3v) is 7.41. The lowest BCUT2D eigenvalue weighted by Gasteiger charge is -2.19. The van der Waals surface area contributed by atoms with Gasteiger partial charge in [-0.05, 0) is 61.2 Å². The molecular formula is C26H26ClN3O3S. The van der Waals surface area contributed by atoms with E-state index < -0.39 is 16.1 Å². The Bertz CT molecular complexity index is 1380. The number of fused-ring (bicyclic) bond motifs is 1. The second kappa shape index (κ2) is 10.4. The first kappa shape index (κ1) is 24.0. The Labute approximate surface area is 204 Å². The molecule has 34 heavy (non-hydrogen) atoms. The van der Waals surface area contributed by atoms with Crippen molar-refractivity contribution >= 4 is 38.4 Å². The average Bonchev–Trinajstić information content (AvgIpc) is 3.23. The molecule has 8 heteroatoms. The molecule has 6 nitrogen and oxygen atoms in total. The molecule has 4 rings (SSSR count). The van der Waals surface area contributed by atoms with Crippen LogP contribution in [0, 0.1) is 6.92 Å². The third-order valence-electron chi connectivity index (χ3n) is 5.67. The van der Waals surface area contributed by atoms with Crippen molar-refractivity contribution in [2.45, 2.75) is 30.7 Å². The predicted molar refractivity (Wildman–Crippen MR) is 135 cm³/mol. The van der Waals surface area contributed by atoms with Crippen molar-refractivity contribution in [2.24, 2.45) is 0 Å². The fourth-order valence-electron chi connectivity index (χ4n) is 3.79. The van der Waals surface area contributed by atoms with Gasteiger partial charge in [0.15, 0.2) is 0 Å². The molecule has 176 valence electrons. The largest absolute Gasteiger partial charge is 0.361 e. The second-order valence-electron chi connectivity index (χ2n) is 8.22. The van der Waals surface area contributed by atoms with Crippen LogP contribution in [-0.4, -0.2) is 31.9 Å². The summed E-state index contributed by atoms with van der Waals surface area (Å²) in [5, 5.41) is 4.49. The number of amides is 1. The predicted octanol–water partition coefficient (Wildman–Crippen LogP) is 4.38. The first-order valence-corrected chi connectivity index (χ1v) is 12.8. The first-order valence-electron chi connectivity index (χ1n) is 11.0. The Morgan fingerprint density at radius 1 is 1.00 bits per heavy atom. The Kier molecular flexibility index (Phi) is 7.36. The normalized spacial score (nSPS) is 12.5. The van der Waals surface area contributed by atoms with Gasteiger partial charge >= 0.3 is 0 Å². The van der Waals surface area contributed by atoms with E-state index in [4.69, 9.17) is 11.6 Å². The van der Waals surface area contributed by atoms with E-state index in [1.807, 2.05) is 49.5 Å². The SMILES string of the molecule is Cc1ccc(S(=O)(=O)N[C@@H](Cc2c[nH]c3ccccc23)C(=O)NCCc2ccc(Cl)cc2)cc1. The fourth-order valence-corrected chi connectivity index (χ4v) is 5.11. The van der Waals surface area contributed by atoms with Crippen LogP contribution < -0.4 is 10.0 Å². The summed E-state index contributed by atoms with van der Waals surface area (Å²) in [5.74, 6) is -0.380. The van der Waals surface area contributed by atoms with Crippen LogP contribution in [0.25, 0.3) is 10.9 Å². The van der Waals surface area contributed by atoms with Crippen LogP contribution in [0.2, 0.25) is 5.02 Å². The molecule has 1 heterocycles. The van der Waals surface area contributed by atoms with Gasteiger partial charge in [-0.1, -0.05) is 59.6 Å². The van der Waals surface area contributed by atoms with Crippen LogP contribution in [0.4, 0.5) is 0 Å². The number of carbonyl (C=O) groups excluding carboxylic acids is 1. The number of aromatic nitrogens is 1. The summed E-state index contributed by atoms with van der Waals surface area (Å²) in [7, 11) is -3.90. The Morgan fingerprint density at radius 2 is 1.71 bits per heavy atom. The standard InChI is InChI=1S/C26H26ClN3O3S/c1-18-6-12-22(13-7-18)34(32,33)30-25(16-20-17-29-24-5-3-2-4-23(20)24)26(31)28-15-14-19-8-10-21(27)11-9-19/h2-13,17,25,29-30H,14-16H2,1H3,(H,28,31)/t25-/m0/s1. The van der Waals surface area contributed by atoms with Crippen LogP contribution >= 0.6 is 11.6 Å². The third kappa shape index (κ3) is 5.86. The Hall–Kier alpha value is -3.13. The van der Waals surface area contributed by atoms with Crippen LogP contribution in [0.3, 0.4) is 0 Å². The number of aryl methyl sites for hydroxylation is 1. The fraction of sp³-hybridized carbons (Fsp3) is 0.192. The van der Waals surface area contributed by atoms with Crippen molar-refractivity contribution in [3.8, 4) is 0 Å². The molecule has 0 fully saturated rings. The zero-order chi connectivity index (χ0) is 24.1. The molecule has 0 saturated carbocycles. The molecule has 3 N–H and O–H groups in total. The summed E-state index contributed by atoms with van der Waals surface area (Å²) >= 11 is 5.93. The molecular weight excluding hydrogens is 470 g/mol. The summed E-state index contributed by atoms with van der Waals surface area (Å²) in [6.07, 6.45) is 2.63. The highest BCUT2D eigenvalue weighted by Gasteiger charge is 2.26. The molecule has 1 atom stereocenters. The summed E-state index contributed by atoms with van der Waals surface area (Å²) in [5.41, 5.74) is 3.77. The lowest BCUT2D eigenvalue weighted by atomic mass is 10.0. The number of H-pyrrole nitrogens is 1. The van der Waals surface area contributed by atoms with E-state index in [1.165, 1.54) is 0 Å². The molecule has 0 saturated heterocycles. The summed E-state index contributed by atoms with van der Waals surface area (Å²) in [6.45, 7) is 2.26. The maximum absolute atomic E-state index is 13.1. The summed E-state index contributed by atoms with van der Waals surface area (Å²) in [4.78, 5) is 16.4. The van der Waals surface area contributed by atoms with E-state index >= 15 is 0 Å². The lowest BCUT2D eigenvalue weighted by molar-refractivity contribution is -0.122. The molecule has 0 bridgehead atoms. The van der Waals surface area contributed by atoms with Gasteiger partial charge in [0.2, 0.25) is 15.9 Å². The average molecular weight is 496 g/mol. The van der Waals surface area contributed by atoms with Gasteiger partial charge in [-0.25, -0.2) is 8.42 Å². The summed E-state index contributed by atoms with van der Waals surface area (Å²) in [6, 6.07) is 20.7. The van der Waals surface area contributed by atoms with Gasteiger partial charge in [0.05, 0.1) is 4.90 Å². The second-order valence-corrected chi connectivity index (χ2v) is 10.4. The smallest absolute Gasteiger partial charge is 0.241 e. The lowest BCUT2D eigenvalue weighted by Crippen LogP contribution is -2.48. The van der Waals surface area contributed by atoms with Crippen molar-refractivity contribution in [2.75, 3.05) is 6.54 Å². The zero-order valence-electron chi connectivity index (χ0n) is 18.7. The maximum atomic E-state index is 13.1. The molecule has 0 aliphatic carbocycles. The highest BCUT2D eigenvalue weighted by atomic mass is 35.5. The number of sulfonamides is 1. The van der Waals surface area contributed by atoms with E-state index in [0.29, 0.717) is 18.0 Å². The zero-order valence-corrected chi connectivity index (χ0v) is 20.3. The van der Waals surface area contributed by atoms with Crippen molar-refractivity contribution in [3.63, 3.8) is 0 Å². The first-order chi connectivity index (χ1) is 16.3. The van der Waals surface area contributed by atoms with Crippen LogP contribution in [-0.2, 0) is 27.7 Å². The van der Waals surface area contributed by atoms with E-state index in [0.717, 1.165) is 27.6 Å². The summed E-state index contributed by atoms with van der Waals surface area (Å²) < 4.78 is 28.7. The Morgan fingerprint density at radius 3 is 2.44 bits per heavy atom. The van der Waals surface area contributed by atoms with Crippen molar-refractivity contribution in [1.29, 1.82) is 0 Å². The van der Waals surface area contributed by atoms with E-state index in [9.17, 15) is 13.2 Å². The Balaban J connectivity index is 1.53. The quantitative estimate of drug-likeness (QED) is 0.322. The van der Waals surface area contributed by atoms with Crippen molar-refractivity contribution in [1.82, 2.24) is 15.0 Å². The van der Waals surface area contributed by atoms with Gasteiger partial charge < -0.3 is 10.3 Å². The molecule has 0 aliphatic heterocycles. The molecule has 0 aliphatic rings. The number of benzene rings is 3. The van der Waals surface area contributed by atoms with Gasteiger partial charge in [0.1, 0.15) is 6.04 Å². The molecule has 0 radical (unpaired) electrons. The number of aromatic amines is 1. The molecule has 0 spiro atoms. The minimum absolute atomic E-state index is 0.121. The monoisotopic (exact) mass is 495 g/mol. The van der Waals surface area contributed by atoms with E-state index in [2.05, 4.69) is 15.0 Å². The number of rotatable bonds is 9. The maximum Gasteiger partial charge on any atom is 0.241 e. The van der Waals surface area contributed by atoms with E-state index in [-0.39, 0.29) is 17.2 Å². The minimum Gasteiger partial charge on any atom is -0.361 e.